The number of hydrogen-bond donors (Lipinski definition) is 2. The topological polar surface area (TPSA) is 64.3 Å². The fourth-order valence-electron chi connectivity index (χ4n) is 2.94. The van der Waals surface area contributed by atoms with Gasteiger partial charge in [-0.3, -0.25) is 4.79 Å². The number of amides is 1. The first-order chi connectivity index (χ1) is 9.63. The predicted molar refractivity (Wildman–Crippen MR) is 80.9 cm³/mol. The molecule has 110 valence electrons. The zero-order chi connectivity index (χ0) is 14.5. The molecule has 2 atom stereocenters. The summed E-state index contributed by atoms with van der Waals surface area (Å²) in [7, 11) is 1.57. The largest absolute Gasteiger partial charge is 0.495 e. The number of rotatable bonds is 4. The fraction of sp³-hybridized carbons (Fsp3) is 0.562. The zero-order valence-electron chi connectivity index (χ0n) is 12.3. The van der Waals surface area contributed by atoms with Crippen molar-refractivity contribution in [3.8, 4) is 5.75 Å². The fourth-order valence-corrected chi connectivity index (χ4v) is 2.94. The molecule has 3 N–H and O–H groups in total. The number of benzene rings is 1. The van der Waals surface area contributed by atoms with Crippen LogP contribution < -0.4 is 15.8 Å². The van der Waals surface area contributed by atoms with Gasteiger partial charge < -0.3 is 15.8 Å². The van der Waals surface area contributed by atoms with Crippen molar-refractivity contribution in [3.05, 3.63) is 23.8 Å². The van der Waals surface area contributed by atoms with Crippen molar-refractivity contribution in [1.29, 1.82) is 0 Å². The van der Waals surface area contributed by atoms with Gasteiger partial charge in [0, 0.05) is 11.6 Å². The van der Waals surface area contributed by atoms with E-state index in [9.17, 15) is 4.79 Å². The molecule has 0 aromatic heterocycles. The summed E-state index contributed by atoms with van der Waals surface area (Å²) >= 11 is 0. The van der Waals surface area contributed by atoms with E-state index in [1.165, 1.54) is 19.3 Å². The van der Waals surface area contributed by atoms with Crippen LogP contribution in [0.15, 0.2) is 18.2 Å². The number of hydrogen-bond acceptors (Lipinski definition) is 3. The van der Waals surface area contributed by atoms with Crippen LogP contribution in [0.3, 0.4) is 0 Å². The van der Waals surface area contributed by atoms with E-state index in [2.05, 4.69) is 12.2 Å². The average molecular weight is 276 g/mol. The number of carbonyl (C=O) groups excluding carboxylic acids is 1. The van der Waals surface area contributed by atoms with E-state index in [1.807, 2.05) is 0 Å². The Balaban J connectivity index is 1.99. The van der Waals surface area contributed by atoms with Crippen LogP contribution in [-0.4, -0.2) is 19.1 Å². The summed E-state index contributed by atoms with van der Waals surface area (Å²) in [6.45, 7) is 2.22. The summed E-state index contributed by atoms with van der Waals surface area (Å²) in [5.41, 5.74) is 6.94. The molecule has 0 saturated heterocycles. The molecule has 2 rings (SSSR count). The Kier molecular flexibility index (Phi) is 4.88. The SMILES string of the molecule is CCC1CCCC(NC(=O)c2ccc(OC)c(N)c2)C1. The molecular weight excluding hydrogens is 252 g/mol. The van der Waals surface area contributed by atoms with E-state index < -0.39 is 0 Å². The Hall–Kier alpha value is -1.71. The van der Waals surface area contributed by atoms with Crippen LogP contribution in [0, 0.1) is 5.92 Å². The number of nitrogens with two attached hydrogens (primary N) is 1. The van der Waals surface area contributed by atoms with Gasteiger partial charge in [-0.05, 0) is 37.0 Å². The number of anilines is 1. The third-order valence-corrected chi connectivity index (χ3v) is 4.19. The van der Waals surface area contributed by atoms with E-state index in [4.69, 9.17) is 10.5 Å². The summed E-state index contributed by atoms with van der Waals surface area (Å²) in [6.07, 6.45) is 5.86. The first-order valence-electron chi connectivity index (χ1n) is 7.38. The number of nitrogen functional groups attached to an aromatic ring is 1. The maximum Gasteiger partial charge on any atom is 0.251 e. The molecule has 1 aromatic carbocycles. The van der Waals surface area contributed by atoms with Crippen molar-refractivity contribution >= 4 is 11.6 Å². The molecule has 2 unspecified atom stereocenters. The maximum atomic E-state index is 12.3. The molecule has 4 heteroatoms. The molecule has 1 saturated carbocycles. The predicted octanol–water partition coefficient (Wildman–Crippen LogP) is 2.98. The molecule has 0 spiro atoms. The third kappa shape index (κ3) is 3.44. The third-order valence-electron chi connectivity index (χ3n) is 4.19. The molecule has 0 aliphatic heterocycles. The van der Waals surface area contributed by atoms with Gasteiger partial charge in [0.25, 0.3) is 5.91 Å². The highest BCUT2D eigenvalue weighted by Gasteiger charge is 2.22. The molecule has 0 radical (unpaired) electrons. The minimum Gasteiger partial charge on any atom is -0.495 e. The first-order valence-corrected chi connectivity index (χ1v) is 7.38. The number of nitrogens with one attached hydrogen (secondary N) is 1. The Morgan fingerprint density at radius 2 is 2.25 bits per heavy atom. The quantitative estimate of drug-likeness (QED) is 0.831. The minimum absolute atomic E-state index is 0.0406. The summed E-state index contributed by atoms with van der Waals surface area (Å²) in [5.74, 6) is 1.31. The molecule has 0 bridgehead atoms. The van der Waals surface area contributed by atoms with Gasteiger partial charge >= 0.3 is 0 Å². The molecule has 1 aliphatic rings. The van der Waals surface area contributed by atoms with Gasteiger partial charge in [0.15, 0.2) is 0 Å². The second-order valence-electron chi connectivity index (χ2n) is 5.57. The standard InChI is InChI=1S/C16H24N2O2/c1-3-11-5-4-6-13(9-11)18-16(19)12-7-8-15(20-2)14(17)10-12/h7-8,10-11,13H,3-6,9,17H2,1-2H3,(H,18,19). The molecule has 1 aliphatic carbocycles. The van der Waals surface area contributed by atoms with Crippen molar-refractivity contribution in [3.63, 3.8) is 0 Å². The van der Waals surface area contributed by atoms with E-state index in [-0.39, 0.29) is 5.91 Å². The Morgan fingerprint density at radius 3 is 2.90 bits per heavy atom. The molecule has 20 heavy (non-hydrogen) atoms. The Morgan fingerprint density at radius 1 is 1.45 bits per heavy atom. The van der Waals surface area contributed by atoms with E-state index in [0.717, 1.165) is 18.8 Å². The monoisotopic (exact) mass is 276 g/mol. The Labute approximate surface area is 120 Å². The van der Waals surface area contributed by atoms with E-state index >= 15 is 0 Å². The van der Waals surface area contributed by atoms with Gasteiger partial charge in [0.05, 0.1) is 12.8 Å². The second-order valence-corrected chi connectivity index (χ2v) is 5.57. The van der Waals surface area contributed by atoms with Gasteiger partial charge in [-0.15, -0.1) is 0 Å². The van der Waals surface area contributed by atoms with Gasteiger partial charge in [-0.1, -0.05) is 26.2 Å². The minimum atomic E-state index is -0.0406. The van der Waals surface area contributed by atoms with E-state index in [0.29, 0.717) is 23.0 Å². The molecule has 1 fully saturated rings. The van der Waals surface area contributed by atoms with Crippen molar-refractivity contribution in [1.82, 2.24) is 5.32 Å². The second kappa shape index (κ2) is 6.64. The summed E-state index contributed by atoms with van der Waals surface area (Å²) < 4.78 is 5.10. The Bertz CT molecular complexity index is 474. The lowest BCUT2D eigenvalue weighted by molar-refractivity contribution is 0.0919. The summed E-state index contributed by atoms with van der Waals surface area (Å²) in [6, 6.07) is 5.46. The first kappa shape index (κ1) is 14.7. The lowest BCUT2D eigenvalue weighted by atomic mass is 9.84. The van der Waals surface area contributed by atoms with Gasteiger partial charge in [-0.2, -0.15) is 0 Å². The van der Waals surface area contributed by atoms with Crippen molar-refractivity contribution in [2.45, 2.75) is 45.1 Å². The van der Waals surface area contributed by atoms with Crippen LogP contribution in [-0.2, 0) is 0 Å². The highest BCUT2D eigenvalue weighted by atomic mass is 16.5. The van der Waals surface area contributed by atoms with Crippen molar-refractivity contribution in [2.24, 2.45) is 5.92 Å². The number of carbonyl (C=O) groups is 1. The van der Waals surface area contributed by atoms with Gasteiger partial charge in [-0.25, -0.2) is 0 Å². The molecule has 1 amide bonds. The maximum absolute atomic E-state index is 12.3. The smallest absolute Gasteiger partial charge is 0.251 e. The van der Waals surface area contributed by atoms with E-state index in [1.54, 1.807) is 25.3 Å². The van der Waals surface area contributed by atoms with Gasteiger partial charge in [0.1, 0.15) is 5.75 Å². The number of methoxy groups -OCH3 is 1. The van der Waals surface area contributed by atoms with Crippen LogP contribution in [0.1, 0.15) is 49.4 Å². The summed E-state index contributed by atoms with van der Waals surface area (Å²) in [4.78, 5) is 12.3. The van der Waals surface area contributed by atoms with Crippen LogP contribution in [0.4, 0.5) is 5.69 Å². The highest BCUT2D eigenvalue weighted by molar-refractivity contribution is 5.95. The van der Waals surface area contributed by atoms with Crippen molar-refractivity contribution < 1.29 is 9.53 Å². The van der Waals surface area contributed by atoms with Crippen LogP contribution in [0.25, 0.3) is 0 Å². The highest BCUT2D eigenvalue weighted by Crippen LogP contribution is 2.27. The van der Waals surface area contributed by atoms with Crippen LogP contribution in [0.5, 0.6) is 5.75 Å². The number of ether oxygens (including phenoxy) is 1. The average Bonchev–Trinajstić information content (AvgIpc) is 2.47. The molecular formula is C16H24N2O2. The van der Waals surface area contributed by atoms with Crippen LogP contribution in [0.2, 0.25) is 0 Å². The summed E-state index contributed by atoms with van der Waals surface area (Å²) in [5, 5.41) is 3.13. The molecule has 1 aromatic rings. The lowest BCUT2D eigenvalue weighted by Crippen LogP contribution is -2.38. The van der Waals surface area contributed by atoms with Crippen LogP contribution >= 0.6 is 0 Å². The van der Waals surface area contributed by atoms with Gasteiger partial charge in [0.2, 0.25) is 0 Å². The lowest BCUT2D eigenvalue weighted by Gasteiger charge is -2.29. The normalized spacial score (nSPS) is 22.3. The zero-order valence-corrected chi connectivity index (χ0v) is 12.3. The molecule has 4 nitrogen and oxygen atoms in total. The van der Waals surface area contributed by atoms with Crippen molar-refractivity contribution in [2.75, 3.05) is 12.8 Å². The molecule has 0 heterocycles.